The molecule has 1 aromatic rings. The second-order valence-electron chi connectivity index (χ2n) is 5.01. The zero-order valence-electron chi connectivity index (χ0n) is 9.79. The number of hydrogen-bond donors (Lipinski definition) is 1. The Morgan fingerprint density at radius 2 is 2.00 bits per heavy atom. The molecule has 1 N–H and O–H groups in total. The highest BCUT2D eigenvalue weighted by atomic mass is 14.9. The lowest BCUT2D eigenvalue weighted by Gasteiger charge is -2.26. The maximum atomic E-state index is 3.66. The van der Waals surface area contributed by atoms with Gasteiger partial charge in [-0.05, 0) is 42.9 Å². The van der Waals surface area contributed by atoms with Gasteiger partial charge in [-0.3, -0.25) is 0 Å². The fourth-order valence-electron chi connectivity index (χ4n) is 2.27. The number of benzene rings is 1. The minimum absolute atomic E-state index is 0.697. The zero-order valence-corrected chi connectivity index (χ0v) is 9.79. The van der Waals surface area contributed by atoms with Crippen LogP contribution in [0.3, 0.4) is 0 Å². The van der Waals surface area contributed by atoms with E-state index in [2.05, 4.69) is 43.4 Å². The summed E-state index contributed by atoms with van der Waals surface area (Å²) in [6.07, 6.45) is 3.75. The van der Waals surface area contributed by atoms with Crippen LogP contribution >= 0.6 is 0 Å². The molecule has 15 heavy (non-hydrogen) atoms. The molecule has 1 atom stereocenters. The van der Waals surface area contributed by atoms with E-state index in [0.29, 0.717) is 6.04 Å². The van der Waals surface area contributed by atoms with Gasteiger partial charge in [-0.2, -0.15) is 0 Å². The quantitative estimate of drug-likeness (QED) is 0.796. The fourth-order valence-corrected chi connectivity index (χ4v) is 2.27. The Bertz CT molecular complexity index is 317. The van der Waals surface area contributed by atoms with Crippen molar-refractivity contribution in [3.05, 3.63) is 35.4 Å². The standard InChI is InChI=1S/C14H21N/c1-11(2)10-15-14-8-7-12-5-3-4-6-13(12)9-14/h3-6,11,14-15H,7-10H2,1-2H3. The number of nitrogens with one attached hydrogen (secondary N) is 1. The number of hydrogen-bond acceptors (Lipinski definition) is 1. The van der Waals surface area contributed by atoms with Crippen LogP contribution in [0, 0.1) is 5.92 Å². The molecule has 1 aliphatic carbocycles. The molecular formula is C14H21N. The average molecular weight is 203 g/mol. The SMILES string of the molecule is CC(C)CNC1CCc2ccccc2C1. The summed E-state index contributed by atoms with van der Waals surface area (Å²) in [4.78, 5) is 0. The van der Waals surface area contributed by atoms with Crippen molar-refractivity contribution in [3.8, 4) is 0 Å². The molecule has 0 aromatic heterocycles. The molecule has 0 aliphatic heterocycles. The lowest BCUT2D eigenvalue weighted by Crippen LogP contribution is -2.36. The molecule has 0 saturated carbocycles. The Morgan fingerprint density at radius 1 is 1.27 bits per heavy atom. The van der Waals surface area contributed by atoms with E-state index in [1.54, 1.807) is 11.1 Å². The Hall–Kier alpha value is -0.820. The molecule has 1 unspecified atom stereocenters. The maximum Gasteiger partial charge on any atom is 0.0111 e. The lowest BCUT2D eigenvalue weighted by molar-refractivity contribution is 0.425. The van der Waals surface area contributed by atoms with Crippen molar-refractivity contribution in [1.82, 2.24) is 5.32 Å². The van der Waals surface area contributed by atoms with Crippen molar-refractivity contribution in [1.29, 1.82) is 0 Å². The number of aryl methyl sites for hydroxylation is 1. The Labute approximate surface area is 92.9 Å². The van der Waals surface area contributed by atoms with E-state index in [1.807, 2.05) is 0 Å². The van der Waals surface area contributed by atoms with Gasteiger partial charge in [0.15, 0.2) is 0 Å². The van der Waals surface area contributed by atoms with E-state index < -0.39 is 0 Å². The third-order valence-electron chi connectivity index (χ3n) is 3.16. The minimum Gasteiger partial charge on any atom is -0.313 e. The smallest absolute Gasteiger partial charge is 0.0111 e. The first-order chi connectivity index (χ1) is 7.25. The van der Waals surface area contributed by atoms with Gasteiger partial charge < -0.3 is 5.32 Å². The predicted molar refractivity (Wildman–Crippen MR) is 65.1 cm³/mol. The summed E-state index contributed by atoms with van der Waals surface area (Å²) in [6.45, 7) is 5.68. The van der Waals surface area contributed by atoms with Gasteiger partial charge in [0.1, 0.15) is 0 Å². The Morgan fingerprint density at radius 3 is 2.73 bits per heavy atom. The first kappa shape index (κ1) is 10.7. The van der Waals surface area contributed by atoms with E-state index in [0.717, 1.165) is 12.5 Å². The highest BCUT2D eigenvalue weighted by molar-refractivity contribution is 5.30. The molecule has 82 valence electrons. The van der Waals surface area contributed by atoms with E-state index in [1.165, 1.54) is 19.3 Å². The summed E-state index contributed by atoms with van der Waals surface area (Å²) in [5.41, 5.74) is 3.10. The maximum absolute atomic E-state index is 3.66. The third-order valence-corrected chi connectivity index (χ3v) is 3.16. The van der Waals surface area contributed by atoms with Gasteiger partial charge in [0, 0.05) is 6.04 Å². The monoisotopic (exact) mass is 203 g/mol. The van der Waals surface area contributed by atoms with Gasteiger partial charge in [-0.15, -0.1) is 0 Å². The van der Waals surface area contributed by atoms with Gasteiger partial charge >= 0.3 is 0 Å². The second-order valence-corrected chi connectivity index (χ2v) is 5.01. The Balaban J connectivity index is 1.94. The van der Waals surface area contributed by atoms with Crippen molar-refractivity contribution in [2.75, 3.05) is 6.54 Å². The average Bonchev–Trinajstić information content (AvgIpc) is 2.26. The summed E-state index contributed by atoms with van der Waals surface area (Å²) >= 11 is 0. The zero-order chi connectivity index (χ0) is 10.7. The highest BCUT2D eigenvalue weighted by Crippen LogP contribution is 2.20. The second kappa shape index (κ2) is 4.80. The molecule has 0 radical (unpaired) electrons. The van der Waals surface area contributed by atoms with Crippen LogP contribution in [-0.2, 0) is 12.8 Å². The van der Waals surface area contributed by atoms with Gasteiger partial charge in [-0.25, -0.2) is 0 Å². The Kier molecular flexibility index (Phi) is 3.42. The molecule has 0 bridgehead atoms. The molecule has 1 aliphatic rings. The van der Waals surface area contributed by atoms with Crippen LogP contribution in [0.15, 0.2) is 24.3 Å². The van der Waals surface area contributed by atoms with Gasteiger partial charge in [-0.1, -0.05) is 38.1 Å². The summed E-state index contributed by atoms with van der Waals surface area (Å²) in [5.74, 6) is 0.752. The van der Waals surface area contributed by atoms with Crippen LogP contribution in [-0.4, -0.2) is 12.6 Å². The fraction of sp³-hybridized carbons (Fsp3) is 0.571. The molecule has 1 heteroatoms. The third kappa shape index (κ3) is 2.82. The molecule has 0 spiro atoms. The van der Waals surface area contributed by atoms with E-state index in [4.69, 9.17) is 0 Å². The van der Waals surface area contributed by atoms with Crippen molar-refractivity contribution in [3.63, 3.8) is 0 Å². The van der Waals surface area contributed by atoms with E-state index in [-0.39, 0.29) is 0 Å². The molecule has 0 saturated heterocycles. The summed E-state index contributed by atoms with van der Waals surface area (Å²) < 4.78 is 0. The molecule has 0 heterocycles. The van der Waals surface area contributed by atoms with Crippen molar-refractivity contribution < 1.29 is 0 Å². The number of rotatable bonds is 3. The first-order valence-corrected chi connectivity index (χ1v) is 6.06. The topological polar surface area (TPSA) is 12.0 Å². The molecule has 2 rings (SSSR count). The van der Waals surface area contributed by atoms with Crippen molar-refractivity contribution in [2.24, 2.45) is 5.92 Å². The van der Waals surface area contributed by atoms with Gasteiger partial charge in [0.05, 0.1) is 0 Å². The first-order valence-electron chi connectivity index (χ1n) is 6.06. The number of fused-ring (bicyclic) bond motifs is 1. The van der Waals surface area contributed by atoms with Crippen LogP contribution in [0.5, 0.6) is 0 Å². The summed E-state index contributed by atoms with van der Waals surface area (Å²) in [6, 6.07) is 9.55. The lowest BCUT2D eigenvalue weighted by atomic mass is 9.88. The van der Waals surface area contributed by atoms with Crippen molar-refractivity contribution >= 4 is 0 Å². The predicted octanol–water partition coefficient (Wildman–Crippen LogP) is 2.79. The van der Waals surface area contributed by atoms with Crippen LogP contribution in [0.2, 0.25) is 0 Å². The van der Waals surface area contributed by atoms with Crippen molar-refractivity contribution in [2.45, 2.75) is 39.2 Å². The molecule has 1 aromatic carbocycles. The van der Waals surface area contributed by atoms with Crippen LogP contribution < -0.4 is 5.32 Å². The minimum atomic E-state index is 0.697. The summed E-state index contributed by atoms with van der Waals surface area (Å²) in [5, 5.41) is 3.66. The van der Waals surface area contributed by atoms with E-state index in [9.17, 15) is 0 Å². The normalized spacial score (nSPS) is 20.3. The van der Waals surface area contributed by atoms with Crippen LogP contribution in [0.25, 0.3) is 0 Å². The summed E-state index contributed by atoms with van der Waals surface area (Å²) in [7, 11) is 0. The van der Waals surface area contributed by atoms with Crippen LogP contribution in [0.4, 0.5) is 0 Å². The van der Waals surface area contributed by atoms with E-state index >= 15 is 0 Å². The molecule has 0 amide bonds. The largest absolute Gasteiger partial charge is 0.313 e. The van der Waals surface area contributed by atoms with Gasteiger partial charge in [0.2, 0.25) is 0 Å². The molecule has 0 fully saturated rings. The van der Waals surface area contributed by atoms with Gasteiger partial charge in [0.25, 0.3) is 0 Å². The molecular weight excluding hydrogens is 182 g/mol. The van der Waals surface area contributed by atoms with Crippen LogP contribution in [0.1, 0.15) is 31.4 Å². The highest BCUT2D eigenvalue weighted by Gasteiger charge is 2.17. The molecule has 1 nitrogen and oxygen atoms in total.